The van der Waals surface area contributed by atoms with Crippen LogP contribution in [0.4, 0.5) is 5.69 Å². The van der Waals surface area contributed by atoms with Crippen LogP contribution < -0.4 is 10.6 Å². The van der Waals surface area contributed by atoms with E-state index in [9.17, 15) is 9.59 Å². The van der Waals surface area contributed by atoms with Crippen molar-refractivity contribution < 1.29 is 14.7 Å². The van der Waals surface area contributed by atoms with Gasteiger partial charge in [-0.1, -0.05) is 36.4 Å². The van der Waals surface area contributed by atoms with Gasteiger partial charge in [-0.3, -0.25) is 4.79 Å². The van der Waals surface area contributed by atoms with E-state index in [1.807, 2.05) is 12.1 Å². The molecule has 0 bridgehead atoms. The predicted molar refractivity (Wildman–Crippen MR) is 112 cm³/mol. The molecule has 0 saturated carbocycles. The number of amides is 1. The number of aromatic carboxylic acids is 1. The van der Waals surface area contributed by atoms with E-state index in [4.69, 9.17) is 22.4 Å². The summed E-state index contributed by atoms with van der Waals surface area (Å²) in [5.41, 5.74) is 8.63. The summed E-state index contributed by atoms with van der Waals surface area (Å²) in [6.07, 6.45) is 3.41. The molecule has 6 heteroatoms. The number of carboxylic acid groups (broad SMARTS) is 1. The summed E-state index contributed by atoms with van der Waals surface area (Å²) in [6, 6.07) is 11.8. The minimum Gasteiger partial charge on any atom is -0.478 e. The third-order valence-corrected chi connectivity index (χ3v) is 5.45. The first-order chi connectivity index (χ1) is 13.4. The Bertz CT molecular complexity index is 902. The van der Waals surface area contributed by atoms with E-state index in [0.29, 0.717) is 16.2 Å². The first-order valence-corrected chi connectivity index (χ1v) is 9.63. The number of carbonyl (C=O) groups excluding carboxylic acids is 1. The molecule has 146 valence electrons. The van der Waals surface area contributed by atoms with Gasteiger partial charge in [0.1, 0.15) is 0 Å². The van der Waals surface area contributed by atoms with Gasteiger partial charge in [0.2, 0.25) is 5.91 Å². The standard InChI is InChI=1S/C22H23ClN2O3/c1-14(19(21(24)26)15-8-10-16(11-9-15)22(27)28)20-17(23)6-5-7-18(20)25-12-3-2-4-13-25/h5-11,19H,1-4,12-13H2,(H2,24,26)(H,27,28). The van der Waals surface area contributed by atoms with Crippen LogP contribution in [0.5, 0.6) is 0 Å². The lowest BCUT2D eigenvalue weighted by molar-refractivity contribution is -0.118. The average molecular weight is 399 g/mol. The summed E-state index contributed by atoms with van der Waals surface area (Å²) < 4.78 is 0. The van der Waals surface area contributed by atoms with Crippen LogP contribution in [0.25, 0.3) is 5.57 Å². The smallest absolute Gasteiger partial charge is 0.335 e. The zero-order valence-corrected chi connectivity index (χ0v) is 16.3. The largest absolute Gasteiger partial charge is 0.478 e. The Morgan fingerprint density at radius 3 is 2.29 bits per heavy atom. The molecule has 1 aliphatic heterocycles. The van der Waals surface area contributed by atoms with Crippen molar-refractivity contribution in [2.45, 2.75) is 25.2 Å². The minimum absolute atomic E-state index is 0.143. The van der Waals surface area contributed by atoms with Crippen molar-refractivity contribution in [2.75, 3.05) is 18.0 Å². The molecule has 1 saturated heterocycles. The Hall–Kier alpha value is -2.79. The number of primary amides is 1. The quantitative estimate of drug-likeness (QED) is 0.759. The van der Waals surface area contributed by atoms with E-state index in [1.165, 1.54) is 18.6 Å². The van der Waals surface area contributed by atoms with Crippen LogP contribution in [0.3, 0.4) is 0 Å². The first-order valence-electron chi connectivity index (χ1n) is 9.25. The number of benzene rings is 2. The SMILES string of the molecule is C=C(c1c(Cl)cccc1N1CCCCC1)C(C(N)=O)c1ccc(C(=O)O)cc1. The monoisotopic (exact) mass is 398 g/mol. The van der Waals surface area contributed by atoms with Gasteiger partial charge in [0.05, 0.1) is 16.5 Å². The van der Waals surface area contributed by atoms with E-state index < -0.39 is 17.8 Å². The van der Waals surface area contributed by atoms with Gasteiger partial charge in [-0.05, 0) is 54.7 Å². The summed E-state index contributed by atoms with van der Waals surface area (Å²) in [7, 11) is 0. The summed E-state index contributed by atoms with van der Waals surface area (Å²) >= 11 is 6.53. The Labute approximate surface area is 169 Å². The highest BCUT2D eigenvalue weighted by atomic mass is 35.5. The van der Waals surface area contributed by atoms with Crippen molar-refractivity contribution in [3.05, 3.63) is 70.8 Å². The van der Waals surface area contributed by atoms with Gasteiger partial charge in [-0.15, -0.1) is 0 Å². The number of piperidine rings is 1. The maximum Gasteiger partial charge on any atom is 0.335 e. The van der Waals surface area contributed by atoms with Crippen LogP contribution in [-0.2, 0) is 4.79 Å². The molecule has 1 unspecified atom stereocenters. The van der Waals surface area contributed by atoms with Crippen LogP contribution in [0, 0.1) is 0 Å². The van der Waals surface area contributed by atoms with Gasteiger partial charge in [0, 0.05) is 24.3 Å². The molecule has 1 amide bonds. The number of nitrogens with two attached hydrogens (primary N) is 1. The number of carboxylic acids is 1. The molecule has 2 aromatic carbocycles. The maximum atomic E-state index is 12.3. The van der Waals surface area contributed by atoms with Crippen molar-refractivity contribution in [2.24, 2.45) is 5.73 Å². The Morgan fingerprint density at radius 1 is 1.07 bits per heavy atom. The third kappa shape index (κ3) is 4.04. The van der Waals surface area contributed by atoms with Crippen molar-refractivity contribution in [3.8, 4) is 0 Å². The van der Waals surface area contributed by atoms with Gasteiger partial charge in [-0.2, -0.15) is 0 Å². The topological polar surface area (TPSA) is 83.6 Å². The zero-order valence-electron chi connectivity index (χ0n) is 15.5. The van der Waals surface area contributed by atoms with Crippen LogP contribution in [0.2, 0.25) is 5.02 Å². The highest BCUT2D eigenvalue weighted by molar-refractivity contribution is 6.33. The summed E-state index contributed by atoms with van der Waals surface area (Å²) in [4.78, 5) is 25.7. The summed E-state index contributed by atoms with van der Waals surface area (Å²) in [6.45, 7) is 6.02. The molecule has 0 spiro atoms. The molecule has 0 aliphatic carbocycles. The van der Waals surface area contributed by atoms with E-state index >= 15 is 0 Å². The summed E-state index contributed by atoms with van der Waals surface area (Å²) in [5, 5.41) is 9.61. The second kappa shape index (κ2) is 8.48. The third-order valence-electron chi connectivity index (χ3n) is 5.13. The van der Waals surface area contributed by atoms with Crippen molar-refractivity contribution in [3.63, 3.8) is 0 Å². The van der Waals surface area contributed by atoms with Gasteiger partial charge in [-0.25, -0.2) is 4.79 Å². The molecule has 3 rings (SSSR count). The molecule has 5 nitrogen and oxygen atoms in total. The lowest BCUT2D eigenvalue weighted by atomic mass is 9.85. The highest BCUT2D eigenvalue weighted by Crippen LogP contribution is 2.40. The maximum absolute atomic E-state index is 12.3. The molecule has 2 aromatic rings. The normalized spacial score (nSPS) is 15.1. The first kappa shape index (κ1) is 20.0. The zero-order chi connectivity index (χ0) is 20.3. The molecule has 0 aromatic heterocycles. The lowest BCUT2D eigenvalue weighted by Gasteiger charge is -2.32. The van der Waals surface area contributed by atoms with E-state index in [2.05, 4.69) is 11.5 Å². The molecule has 0 radical (unpaired) electrons. The summed E-state index contributed by atoms with van der Waals surface area (Å²) in [5.74, 6) is -2.39. The number of anilines is 1. The Kier molecular flexibility index (Phi) is 6.05. The van der Waals surface area contributed by atoms with Crippen LogP contribution in [0.1, 0.15) is 46.7 Å². The second-order valence-electron chi connectivity index (χ2n) is 6.97. The van der Waals surface area contributed by atoms with Crippen LogP contribution >= 0.6 is 11.6 Å². The number of hydrogen-bond acceptors (Lipinski definition) is 3. The lowest BCUT2D eigenvalue weighted by Crippen LogP contribution is -2.31. The van der Waals surface area contributed by atoms with Crippen LogP contribution in [-0.4, -0.2) is 30.1 Å². The number of hydrogen-bond donors (Lipinski definition) is 2. The molecule has 28 heavy (non-hydrogen) atoms. The van der Waals surface area contributed by atoms with Gasteiger partial charge in [0.15, 0.2) is 0 Å². The molecule has 1 aliphatic rings. The fourth-order valence-corrected chi connectivity index (χ4v) is 4.02. The van der Waals surface area contributed by atoms with Crippen molar-refractivity contribution in [1.29, 1.82) is 0 Å². The van der Waals surface area contributed by atoms with E-state index in [-0.39, 0.29) is 5.56 Å². The number of halogens is 1. The Morgan fingerprint density at radius 2 is 1.71 bits per heavy atom. The molecule has 3 N–H and O–H groups in total. The average Bonchev–Trinajstić information content (AvgIpc) is 2.68. The van der Waals surface area contributed by atoms with Gasteiger partial charge < -0.3 is 15.7 Å². The molecule has 1 fully saturated rings. The minimum atomic E-state index is -1.03. The highest BCUT2D eigenvalue weighted by Gasteiger charge is 2.27. The molecular formula is C22H23ClN2O3. The number of nitrogens with zero attached hydrogens (tertiary/aromatic N) is 1. The van der Waals surface area contributed by atoms with Crippen LogP contribution in [0.15, 0.2) is 49.0 Å². The number of carbonyl (C=O) groups is 2. The van der Waals surface area contributed by atoms with E-state index in [1.54, 1.807) is 18.2 Å². The molecule has 1 heterocycles. The molecular weight excluding hydrogens is 376 g/mol. The van der Waals surface area contributed by atoms with Crippen molar-refractivity contribution >= 4 is 34.7 Å². The number of rotatable bonds is 6. The van der Waals surface area contributed by atoms with Gasteiger partial charge in [0.25, 0.3) is 0 Å². The predicted octanol–water partition coefficient (Wildman–Crippen LogP) is 4.31. The molecule has 1 atom stereocenters. The fourth-order valence-electron chi connectivity index (χ4n) is 3.73. The fraction of sp³-hybridized carbons (Fsp3) is 0.273. The van der Waals surface area contributed by atoms with Crippen molar-refractivity contribution in [1.82, 2.24) is 0 Å². The van der Waals surface area contributed by atoms with Gasteiger partial charge >= 0.3 is 5.97 Å². The van der Waals surface area contributed by atoms with E-state index in [0.717, 1.165) is 37.2 Å². The second-order valence-corrected chi connectivity index (χ2v) is 7.38. The Balaban J connectivity index is 2.02.